The predicted molar refractivity (Wildman–Crippen MR) is 202 cm³/mol. The van der Waals surface area contributed by atoms with Crippen LogP contribution in [0.15, 0.2) is 95.1 Å². The minimum atomic E-state index is -0.494. The second-order valence-electron chi connectivity index (χ2n) is 12.2. The molecule has 0 fully saturated rings. The smallest absolute Gasteiger partial charge is 0.343 e. The van der Waals surface area contributed by atoms with Crippen LogP contribution < -0.4 is 29.8 Å². The van der Waals surface area contributed by atoms with Gasteiger partial charge >= 0.3 is 11.9 Å². The van der Waals surface area contributed by atoms with Crippen LogP contribution in [0.4, 0.5) is 0 Å². The van der Waals surface area contributed by atoms with Gasteiger partial charge in [0.1, 0.15) is 0 Å². The average Bonchev–Trinajstić information content (AvgIpc) is 3.15. The van der Waals surface area contributed by atoms with Crippen molar-refractivity contribution >= 4 is 36.2 Å². The number of amides is 2. The number of hydrogen-bond donors (Lipinski definition) is 2. The van der Waals surface area contributed by atoms with Crippen molar-refractivity contribution in [3.8, 4) is 23.0 Å². The second-order valence-corrected chi connectivity index (χ2v) is 12.2. The molecule has 0 spiro atoms. The number of nitrogens with zero attached hydrogens (tertiary/aromatic N) is 2. The van der Waals surface area contributed by atoms with Crippen molar-refractivity contribution in [2.45, 2.75) is 58.8 Å². The lowest BCUT2D eigenvalue weighted by atomic mass is 10.1. The Morgan fingerprint density at radius 1 is 0.528 bits per heavy atom. The molecule has 2 amide bonds. The highest BCUT2D eigenvalue weighted by Crippen LogP contribution is 2.29. The summed E-state index contributed by atoms with van der Waals surface area (Å²) in [6.07, 6.45) is 7.58. The zero-order valence-corrected chi connectivity index (χ0v) is 30.3. The summed E-state index contributed by atoms with van der Waals surface area (Å²) in [6, 6.07) is 24.1. The van der Waals surface area contributed by atoms with E-state index in [2.05, 4.69) is 21.1 Å². The molecular weight excluding hydrogens is 676 g/mol. The van der Waals surface area contributed by atoms with Gasteiger partial charge in [0, 0.05) is 12.8 Å². The highest BCUT2D eigenvalue weighted by atomic mass is 16.6. The van der Waals surface area contributed by atoms with Crippen molar-refractivity contribution in [3.63, 3.8) is 0 Å². The van der Waals surface area contributed by atoms with E-state index in [1.54, 1.807) is 60.7 Å². The van der Waals surface area contributed by atoms with Crippen molar-refractivity contribution in [2.75, 3.05) is 14.2 Å². The Hall–Kier alpha value is -6.30. The zero-order chi connectivity index (χ0) is 38.0. The Bertz CT molecular complexity index is 1780. The maximum absolute atomic E-state index is 12.5. The summed E-state index contributed by atoms with van der Waals surface area (Å²) < 4.78 is 21.7. The normalized spacial score (nSPS) is 10.9. The molecule has 0 aliphatic carbocycles. The van der Waals surface area contributed by atoms with Gasteiger partial charge in [-0.05, 0) is 98.5 Å². The molecule has 0 aromatic heterocycles. The van der Waals surface area contributed by atoms with Crippen LogP contribution in [-0.2, 0) is 9.59 Å². The molecule has 4 aromatic rings. The summed E-state index contributed by atoms with van der Waals surface area (Å²) >= 11 is 0. The van der Waals surface area contributed by atoms with E-state index in [-0.39, 0.29) is 23.3 Å². The first-order chi connectivity index (χ1) is 25.6. The summed E-state index contributed by atoms with van der Waals surface area (Å²) in [6.45, 7) is 3.88. The summed E-state index contributed by atoms with van der Waals surface area (Å²) in [4.78, 5) is 49.4. The van der Waals surface area contributed by atoms with Gasteiger partial charge in [-0.15, -0.1) is 0 Å². The molecule has 4 aromatic carbocycles. The van der Waals surface area contributed by atoms with Crippen molar-refractivity contribution in [2.24, 2.45) is 10.2 Å². The molecule has 0 saturated carbocycles. The van der Waals surface area contributed by atoms with E-state index in [9.17, 15) is 19.2 Å². The number of aryl methyl sites for hydroxylation is 2. The molecule has 0 radical (unpaired) electrons. The van der Waals surface area contributed by atoms with E-state index < -0.39 is 11.9 Å². The fraction of sp³-hybridized carbons (Fsp3) is 0.268. The number of benzene rings is 4. The highest BCUT2D eigenvalue weighted by Gasteiger charge is 2.14. The fourth-order valence-corrected chi connectivity index (χ4v) is 4.97. The Balaban J connectivity index is 1.08. The number of rotatable bonds is 18. The molecule has 12 heteroatoms. The Morgan fingerprint density at radius 2 is 0.906 bits per heavy atom. The minimum absolute atomic E-state index is 0.204. The molecular formula is C41H44N4O8. The monoisotopic (exact) mass is 720 g/mol. The predicted octanol–water partition coefficient (Wildman–Crippen LogP) is 7.09. The maximum Gasteiger partial charge on any atom is 0.343 e. The number of methoxy groups -OCH3 is 2. The number of esters is 2. The molecule has 0 unspecified atom stereocenters. The number of ether oxygens (including phenoxy) is 4. The number of hydrazone groups is 2. The first-order valence-electron chi connectivity index (χ1n) is 17.2. The number of unbranched alkanes of at least 4 members (excludes halogenated alkanes) is 4. The molecule has 0 saturated heterocycles. The first-order valence-corrected chi connectivity index (χ1v) is 17.2. The Kier molecular flexibility index (Phi) is 15.3. The lowest BCUT2D eigenvalue weighted by Gasteiger charge is -2.10. The van der Waals surface area contributed by atoms with Crippen LogP contribution >= 0.6 is 0 Å². The van der Waals surface area contributed by atoms with Crippen molar-refractivity contribution in [1.82, 2.24) is 10.9 Å². The number of carbonyl (C=O) groups excluding carboxylic acids is 4. The highest BCUT2D eigenvalue weighted by molar-refractivity contribution is 5.92. The number of hydrogen-bond acceptors (Lipinski definition) is 10. The van der Waals surface area contributed by atoms with Gasteiger partial charge in [-0.3, -0.25) is 9.59 Å². The molecule has 2 N–H and O–H groups in total. The van der Waals surface area contributed by atoms with E-state index >= 15 is 0 Å². The van der Waals surface area contributed by atoms with Gasteiger partial charge in [-0.2, -0.15) is 10.2 Å². The SMILES string of the molecule is COc1cc(C=NNC(=O)CCCCCCCC(=O)NN=Cc2ccc(OC(=O)c3ccc(C)cc3)c(OC)c2)ccc1OC(=O)c1ccc(C)cc1. The third-order valence-corrected chi connectivity index (χ3v) is 7.97. The zero-order valence-electron chi connectivity index (χ0n) is 30.3. The quantitative estimate of drug-likeness (QED) is 0.0363. The summed E-state index contributed by atoms with van der Waals surface area (Å²) in [5, 5.41) is 8.04. The van der Waals surface area contributed by atoms with E-state index in [1.807, 2.05) is 38.1 Å². The van der Waals surface area contributed by atoms with Crippen LogP contribution in [0.25, 0.3) is 0 Å². The van der Waals surface area contributed by atoms with Gasteiger partial charge in [-0.25, -0.2) is 20.4 Å². The molecule has 276 valence electrons. The Labute approximate surface area is 309 Å². The van der Waals surface area contributed by atoms with Gasteiger partial charge in [0.05, 0.1) is 37.8 Å². The molecule has 4 rings (SSSR count). The van der Waals surface area contributed by atoms with Crippen molar-refractivity contribution < 1.29 is 38.1 Å². The van der Waals surface area contributed by atoms with Crippen LogP contribution in [-0.4, -0.2) is 50.4 Å². The molecule has 12 nitrogen and oxygen atoms in total. The molecule has 53 heavy (non-hydrogen) atoms. The van der Waals surface area contributed by atoms with Gasteiger partial charge in [0.25, 0.3) is 0 Å². The van der Waals surface area contributed by atoms with E-state index in [0.29, 0.717) is 59.4 Å². The van der Waals surface area contributed by atoms with Crippen molar-refractivity contribution in [3.05, 3.63) is 118 Å². The van der Waals surface area contributed by atoms with Gasteiger partial charge in [0.15, 0.2) is 23.0 Å². The Morgan fingerprint density at radius 3 is 1.28 bits per heavy atom. The number of nitrogens with one attached hydrogen (secondary N) is 2. The standard InChI is InChI=1S/C41H44N4O8/c1-28-12-18-32(19-13-28)40(48)52-34-22-16-30(24-36(34)50-3)26-42-44-38(46)10-8-6-5-7-9-11-39(47)45-43-27-31-17-23-35(37(25-31)51-4)53-41(49)33-20-14-29(2)15-21-33/h12-27H,5-11H2,1-4H3,(H,44,46)(H,45,47). The molecule has 0 heterocycles. The first kappa shape index (κ1) is 39.5. The molecule has 0 aliphatic heterocycles. The molecule has 0 aliphatic rings. The van der Waals surface area contributed by atoms with Gasteiger partial charge < -0.3 is 18.9 Å². The topological polar surface area (TPSA) is 154 Å². The summed E-state index contributed by atoms with van der Waals surface area (Å²) in [5.74, 6) is -0.138. The summed E-state index contributed by atoms with van der Waals surface area (Å²) in [5.41, 5.74) is 9.30. The van der Waals surface area contributed by atoms with E-state index in [0.717, 1.165) is 30.4 Å². The third-order valence-electron chi connectivity index (χ3n) is 7.97. The van der Waals surface area contributed by atoms with Gasteiger partial charge in [-0.1, -0.05) is 54.7 Å². The van der Waals surface area contributed by atoms with Crippen LogP contribution in [0.5, 0.6) is 23.0 Å². The average molecular weight is 721 g/mol. The van der Waals surface area contributed by atoms with Crippen LogP contribution in [0.1, 0.15) is 87.9 Å². The van der Waals surface area contributed by atoms with Crippen LogP contribution in [0.3, 0.4) is 0 Å². The number of carbonyl (C=O) groups is 4. The van der Waals surface area contributed by atoms with Crippen LogP contribution in [0.2, 0.25) is 0 Å². The van der Waals surface area contributed by atoms with E-state index in [4.69, 9.17) is 18.9 Å². The third kappa shape index (κ3) is 13.1. The minimum Gasteiger partial charge on any atom is -0.493 e. The lowest BCUT2D eigenvalue weighted by Crippen LogP contribution is -2.17. The fourth-order valence-electron chi connectivity index (χ4n) is 4.97. The van der Waals surface area contributed by atoms with Gasteiger partial charge in [0.2, 0.25) is 11.8 Å². The summed E-state index contributed by atoms with van der Waals surface area (Å²) in [7, 11) is 2.95. The lowest BCUT2D eigenvalue weighted by molar-refractivity contribution is -0.121. The van der Waals surface area contributed by atoms with Crippen LogP contribution in [0, 0.1) is 13.8 Å². The largest absolute Gasteiger partial charge is 0.493 e. The maximum atomic E-state index is 12.5. The molecule has 0 bridgehead atoms. The molecule has 0 atom stereocenters. The second kappa shape index (κ2) is 20.5. The van der Waals surface area contributed by atoms with E-state index in [1.165, 1.54) is 26.6 Å². The van der Waals surface area contributed by atoms with Crippen molar-refractivity contribution in [1.29, 1.82) is 0 Å².